The fourth-order valence-corrected chi connectivity index (χ4v) is 9.45. The van der Waals surface area contributed by atoms with E-state index in [-0.39, 0.29) is 25.9 Å². The Hall–Kier alpha value is -4.10. The lowest BCUT2D eigenvalue weighted by Crippen LogP contribution is -2.61. The molecule has 12 nitrogen and oxygen atoms in total. The number of esters is 3. The minimum Gasteiger partial charge on any atom is -0.479 e. The van der Waals surface area contributed by atoms with Crippen LogP contribution in [0.25, 0.3) is 0 Å². The number of carbonyl (C=O) groups is 4. The first-order valence-electron chi connectivity index (χ1n) is 32.6. The van der Waals surface area contributed by atoms with E-state index in [1.54, 1.807) is 0 Å². The average molecular weight is 1140 g/mol. The summed E-state index contributed by atoms with van der Waals surface area (Å²) < 4.78 is 28.5. The van der Waals surface area contributed by atoms with Crippen LogP contribution >= 0.6 is 0 Å². The molecule has 0 saturated carbocycles. The smallest absolute Gasteiger partial charge is 0.335 e. The lowest BCUT2D eigenvalue weighted by atomic mass is 9.98. The molecule has 1 aliphatic heterocycles. The fourth-order valence-electron chi connectivity index (χ4n) is 9.45. The van der Waals surface area contributed by atoms with E-state index in [0.29, 0.717) is 25.7 Å². The molecular formula is C69H116O12. The SMILES string of the molecule is CC/C=C\C/C=C\C/C=C\C/C=C\C/C=C\CCCC(=O)OC1C(OCC(COC(=O)CCCCCCCCCCC/C=C\CCCCCCCC)OC(=O)CCCCCCC/C=C\CCCCCCCC)OC(C(=O)O)C(O)C1O. The number of aliphatic hydroxyl groups is 2. The van der Waals surface area contributed by atoms with Crippen LogP contribution in [0.1, 0.15) is 278 Å². The number of allylic oxidation sites excluding steroid dienone is 14. The molecule has 0 aromatic heterocycles. The zero-order chi connectivity index (χ0) is 58.9. The predicted octanol–water partition coefficient (Wildman–Crippen LogP) is 17.5. The summed E-state index contributed by atoms with van der Waals surface area (Å²) in [4.78, 5) is 51.3. The molecule has 6 atom stereocenters. The van der Waals surface area contributed by atoms with Crippen LogP contribution in [0, 0.1) is 0 Å². The zero-order valence-electron chi connectivity index (χ0n) is 51.3. The number of hydrogen-bond donors (Lipinski definition) is 3. The first kappa shape index (κ1) is 74.9. The topological polar surface area (TPSA) is 175 Å². The summed E-state index contributed by atoms with van der Waals surface area (Å²) in [5, 5.41) is 31.6. The van der Waals surface area contributed by atoms with Crippen molar-refractivity contribution in [2.75, 3.05) is 13.2 Å². The minimum atomic E-state index is -1.93. The van der Waals surface area contributed by atoms with Gasteiger partial charge in [0, 0.05) is 19.3 Å². The maximum atomic E-state index is 13.2. The van der Waals surface area contributed by atoms with E-state index in [1.165, 1.54) is 122 Å². The molecule has 0 spiro atoms. The van der Waals surface area contributed by atoms with Gasteiger partial charge in [-0.1, -0.05) is 234 Å². The van der Waals surface area contributed by atoms with Crippen molar-refractivity contribution < 1.29 is 58.2 Å². The summed E-state index contributed by atoms with van der Waals surface area (Å²) in [5.74, 6) is -3.20. The quantitative estimate of drug-likeness (QED) is 0.0228. The van der Waals surface area contributed by atoms with Gasteiger partial charge in [0.2, 0.25) is 0 Å². The van der Waals surface area contributed by atoms with Crippen molar-refractivity contribution in [3.8, 4) is 0 Å². The van der Waals surface area contributed by atoms with Crippen LogP contribution in [0.2, 0.25) is 0 Å². The van der Waals surface area contributed by atoms with Crippen molar-refractivity contribution in [2.45, 2.75) is 314 Å². The van der Waals surface area contributed by atoms with Crippen LogP contribution in [-0.2, 0) is 42.9 Å². The highest BCUT2D eigenvalue weighted by molar-refractivity contribution is 5.74. The van der Waals surface area contributed by atoms with E-state index < -0.39 is 67.3 Å². The molecule has 0 radical (unpaired) electrons. The second-order valence-corrected chi connectivity index (χ2v) is 22.0. The number of aliphatic carboxylic acids is 1. The highest BCUT2D eigenvalue weighted by Gasteiger charge is 2.50. The third kappa shape index (κ3) is 46.0. The molecule has 464 valence electrons. The Morgan fingerprint density at radius 3 is 1.23 bits per heavy atom. The third-order valence-corrected chi connectivity index (χ3v) is 14.4. The Labute approximate surface area is 492 Å². The van der Waals surface area contributed by atoms with Crippen molar-refractivity contribution in [3.63, 3.8) is 0 Å². The zero-order valence-corrected chi connectivity index (χ0v) is 51.3. The monoisotopic (exact) mass is 1140 g/mol. The van der Waals surface area contributed by atoms with Gasteiger partial charge in [-0.15, -0.1) is 0 Å². The van der Waals surface area contributed by atoms with E-state index in [1.807, 2.05) is 12.2 Å². The lowest BCUT2D eigenvalue weighted by molar-refractivity contribution is -0.301. The number of ether oxygens (including phenoxy) is 5. The van der Waals surface area contributed by atoms with Crippen LogP contribution < -0.4 is 0 Å². The summed E-state index contributed by atoms with van der Waals surface area (Å²) in [6.45, 7) is 5.86. The van der Waals surface area contributed by atoms with Crippen molar-refractivity contribution in [1.29, 1.82) is 0 Å². The number of carboxylic acid groups (broad SMARTS) is 1. The Morgan fingerprint density at radius 1 is 0.420 bits per heavy atom. The summed E-state index contributed by atoms with van der Waals surface area (Å²) >= 11 is 0. The molecule has 0 aliphatic carbocycles. The molecule has 6 unspecified atom stereocenters. The molecule has 1 saturated heterocycles. The van der Waals surface area contributed by atoms with E-state index in [4.69, 9.17) is 23.7 Å². The van der Waals surface area contributed by atoms with Gasteiger partial charge in [-0.3, -0.25) is 14.4 Å². The maximum Gasteiger partial charge on any atom is 0.335 e. The number of aliphatic hydroxyl groups excluding tert-OH is 2. The summed E-state index contributed by atoms with van der Waals surface area (Å²) in [6, 6.07) is 0. The highest BCUT2D eigenvalue weighted by atomic mass is 16.7. The van der Waals surface area contributed by atoms with E-state index in [0.717, 1.165) is 89.9 Å². The molecule has 81 heavy (non-hydrogen) atoms. The Kier molecular flexibility index (Phi) is 52.1. The van der Waals surface area contributed by atoms with E-state index in [2.05, 4.69) is 93.7 Å². The molecule has 0 aromatic rings. The molecule has 1 rings (SSSR count). The van der Waals surface area contributed by atoms with Crippen LogP contribution in [0.15, 0.2) is 85.1 Å². The van der Waals surface area contributed by atoms with Crippen LogP contribution in [0.3, 0.4) is 0 Å². The number of unbranched alkanes of at least 4 members (excludes halogenated alkanes) is 27. The van der Waals surface area contributed by atoms with Crippen molar-refractivity contribution >= 4 is 23.9 Å². The molecular weight excluding hydrogens is 1020 g/mol. The van der Waals surface area contributed by atoms with Crippen LogP contribution in [-0.4, -0.2) is 89.2 Å². The summed E-state index contributed by atoms with van der Waals surface area (Å²) in [5.41, 5.74) is 0. The van der Waals surface area contributed by atoms with Gasteiger partial charge in [-0.25, -0.2) is 4.79 Å². The second-order valence-electron chi connectivity index (χ2n) is 22.0. The van der Waals surface area contributed by atoms with Crippen molar-refractivity contribution in [3.05, 3.63) is 85.1 Å². The molecule has 0 bridgehead atoms. The van der Waals surface area contributed by atoms with Gasteiger partial charge < -0.3 is 39.0 Å². The number of hydrogen-bond acceptors (Lipinski definition) is 11. The Morgan fingerprint density at radius 2 is 0.790 bits per heavy atom. The standard InChI is InChI=1S/C69H116O12/c1-4-7-10-13-16-19-22-25-28-30-31-33-35-37-40-43-46-49-52-55-61(70)77-58-60(79-62(71)56-53-50-47-44-41-38-34-27-24-21-18-15-12-9-6-3)59-78-69-67(65(74)64(73)66(81-69)68(75)76)80-63(72)57-54-51-48-45-42-39-36-32-29-26-23-20-17-14-11-8-5-2/h8,11,17,20,25-29,34,36,39,45,48,60,64-67,69,73-74H,4-7,9-10,12-16,18-19,21-24,30-33,35,37-38,40-44,46-47,49-59H2,1-3H3,(H,75,76)/b11-8-,20-17-,28-25-,29-26-,34-27-,39-36-,48-45-. The molecule has 3 N–H and O–H groups in total. The third-order valence-electron chi connectivity index (χ3n) is 14.4. The van der Waals surface area contributed by atoms with Gasteiger partial charge in [0.25, 0.3) is 0 Å². The largest absolute Gasteiger partial charge is 0.479 e. The normalized spacial score (nSPS) is 18.3. The second kappa shape index (κ2) is 56.4. The summed E-state index contributed by atoms with van der Waals surface area (Å²) in [7, 11) is 0. The number of carbonyl (C=O) groups excluding carboxylic acids is 3. The molecule has 1 aliphatic rings. The first-order chi connectivity index (χ1) is 39.6. The minimum absolute atomic E-state index is 0.0209. The molecule has 0 aromatic carbocycles. The van der Waals surface area contributed by atoms with Gasteiger partial charge in [-0.2, -0.15) is 0 Å². The van der Waals surface area contributed by atoms with E-state index >= 15 is 0 Å². The molecule has 1 heterocycles. The predicted molar refractivity (Wildman–Crippen MR) is 331 cm³/mol. The van der Waals surface area contributed by atoms with E-state index in [9.17, 15) is 34.5 Å². The van der Waals surface area contributed by atoms with Crippen LogP contribution in [0.4, 0.5) is 0 Å². The Balaban J connectivity index is 2.69. The average Bonchev–Trinajstić information content (AvgIpc) is 3.53. The molecule has 0 amide bonds. The van der Waals surface area contributed by atoms with Gasteiger partial charge in [0.15, 0.2) is 24.6 Å². The highest BCUT2D eigenvalue weighted by Crippen LogP contribution is 2.26. The number of rotatable bonds is 55. The molecule has 12 heteroatoms. The lowest BCUT2D eigenvalue weighted by Gasteiger charge is -2.40. The van der Waals surface area contributed by atoms with Gasteiger partial charge in [-0.05, 0) is 109 Å². The van der Waals surface area contributed by atoms with Crippen molar-refractivity contribution in [2.24, 2.45) is 0 Å². The fraction of sp³-hybridized carbons (Fsp3) is 0.739. The Bertz CT molecular complexity index is 1730. The van der Waals surface area contributed by atoms with Gasteiger partial charge in [0.05, 0.1) is 6.61 Å². The first-order valence-corrected chi connectivity index (χ1v) is 32.6. The molecule has 1 fully saturated rings. The summed E-state index contributed by atoms with van der Waals surface area (Å²) in [6.07, 6.45) is 61.2. The number of carboxylic acids is 1. The van der Waals surface area contributed by atoms with Crippen LogP contribution in [0.5, 0.6) is 0 Å². The maximum absolute atomic E-state index is 13.2. The van der Waals surface area contributed by atoms with Crippen molar-refractivity contribution in [1.82, 2.24) is 0 Å². The van der Waals surface area contributed by atoms with Gasteiger partial charge in [0.1, 0.15) is 18.8 Å². The van der Waals surface area contributed by atoms with Gasteiger partial charge >= 0.3 is 23.9 Å².